The van der Waals surface area contributed by atoms with Crippen molar-refractivity contribution in [1.82, 2.24) is 0 Å². The first kappa shape index (κ1) is 23.0. The quantitative estimate of drug-likeness (QED) is 0.381. The molecule has 0 aliphatic carbocycles. The van der Waals surface area contributed by atoms with E-state index in [1.54, 1.807) is 55.5 Å². The third-order valence-corrected chi connectivity index (χ3v) is 5.41. The van der Waals surface area contributed by atoms with E-state index in [2.05, 4.69) is 10.6 Å². The van der Waals surface area contributed by atoms with Crippen LogP contribution in [0.5, 0.6) is 5.75 Å². The number of ether oxygens (including phenoxy) is 1. The van der Waals surface area contributed by atoms with Crippen LogP contribution in [0.15, 0.2) is 78.9 Å². The van der Waals surface area contributed by atoms with Crippen LogP contribution in [-0.4, -0.2) is 28.8 Å². The zero-order chi connectivity index (χ0) is 22.9. The highest BCUT2D eigenvalue weighted by Crippen LogP contribution is 2.20. The molecule has 2 N–H and O–H groups in total. The molecule has 0 aromatic heterocycles. The number of hydrogen-bond donors (Lipinski definition) is 2. The van der Waals surface area contributed by atoms with Crippen molar-refractivity contribution in [3.63, 3.8) is 0 Å². The van der Waals surface area contributed by atoms with E-state index in [9.17, 15) is 18.8 Å². The highest BCUT2D eigenvalue weighted by Gasteiger charge is 2.18. The van der Waals surface area contributed by atoms with Gasteiger partial charge in [0.25, 0.3) is 5.91 Å². The number of carbonyl (C=O) groups is 3. The van der Waals surface area contributed by atoms with Gasteiger partial charge in [0.05, 0.1) is 5.75 Å². The van der Waals surface area contributed by atoms with Gasteiger partial charge < -0.3 is 15.4 Å². The number of rotatable bonds is 8. The zero-order valence-corrected chi connectivity index (χ0v) is 18.0. The summed E-state index contributed by atoms with van der Waals surface area (Å²) in [6.45, 7) is 1.65. The number of halogens is 1. The van der Waals surface area contributed by atoms with Crippen molar-refractivity contribution in [1.29, 1.82) is 0 Å². The smallest absolute Gasteiger partial charge is 0.324 e. The Morgan fingerprint density at radius 2 is 1.47 bits per heavy atom. The summed E-state index contributed by atoms with van der Waals surface area (Å²) in [6.07, 6.45) is 0. The van der Waals surface area contributed by atoms with Gasteiger partial charge in [0, 0.05) is 16.9 Å². The van der Waals surface area contributed by atoms with E-state index in [1.807, 2.05) is 6.07 Å². The molecular formula is C24H21FN2O4S. The first-order chi connectivity index (χ1) is 15.4. The standard InChI is InChI=1S/C24H21FN2O4S/c1-16(32-15-22(28)26-19-9-7-18(25)8-10-19)24(30)31-21-13-11-20(12-14-21)27-23(29)17-5-3-2-4-6-17/h2-14,16H,15H2,1H3,(H,26,28)(H,27,29). The molecule has 0 spiro atoms. The van der Waals surface area contributed by atoms with Gasteiger partial charge in [0.15, 0.2) is 0 Å². The second-order valence-corrected chi connectivity index (χ2v) is 8.10. The Kier molecular flexibility index (Phi) is 7.99. The number of nitrogens with one attached hydrogen (secondary N) is 2. The minimum Gasteiger partial charge on any atom is -0.426 e. The average Bonchev–Trinajstić information content (AvgIpc) is 2.80. The molecule has 3 aromatic carbocycles. The van der Waals surface area contributed by atoms with Gasteiger partial charge in [0.2, 0.25) is 5.91 Å². The van der Waals surface area contributed by atoms with E-state index < -0.39 is 11.2 Å². The molecule has 0 fully saturated rings. The average molecular weight is 453 g/mol. The minimum absolute atomic E-state index is 0.0398. The Labute approximate surface area is 189 Å². The van der Waals surface area contributed by atoms with Crippen molar-refractivity contribution in [2.24, 2.45) is 0 Å². The number of amides is 2. The van der Waals surface area contributed by atoms with Crippen LogP contribution in [0.3, 0.4) is 0 Å². The van der Waals surface area contributed by atoms with Crippen molar-refractivity contribution in [3.8, 4) is 5.75 Å². The molecule has 1 unspecified atom stereocenters. The molecule has 0 saturated carbocycles. The lowest BCUT2D eigenvalue weighted by Crippen LogP contribution is -2.23. The highest BCUT2D eigenvalue weighted by molar-refractivity contribution is 8.01. The Balaban J connectivity index is 1.44. The fourth-order valence-electron chi connectivity index (χ4n) is 2.60. The van der Waals surface area contributed by atoms with E-state index >= 15 is 0 Å². The maximum Gasteiger partial charge on any atom is 0.324 e. The number of thioether (sulfide) groups is 1. The maximum atomic E-state index is 12.9. The number of carbonyl (C=O) groups excluding carboxylic acids is 3. The molecule has 2 amide bonds. The first-order valence-electron chi connectivity index (χ1n) is 9.76. The van der Waals surface area contributed by atoms with Gasteiger partial charge >= 0.3 is 5.97 Å². The lowest BCUT2D eigenvalue weighted by Gasteiger charge is -2.12. The summed E-state index contributed by atoms with van der Waals surface area (Å²) in [6, 6.07) is 20.7. The van der Waals surface area contributed by atoms with Crippen molar-refractivity contribution in [3.05, 3.63) is 90.2 Å². The third kappa shape index (κ3) is 6.95. The van der Waals surface area contributed by atoms with Crippen molar-refractivity contribution in [2.75, 3.05) is 16.4 Å². The minimum atomic E-state index is -0.577. The van der Waals surface area contributed by atoms with Crippen molar-refractivity contribution < 1.29 is 23.5 Å². The third-order valence-electron chi connectivity index (χ3n) is 4.29. The maximum absolute atomic E-state index is 12.9. The number of anilines is 2. The van der Waals surface area contributed by atoms with Gasteiger partial charge in [-0.05, 0) is 67.6 Å². The predicted octanol–water partition coefficient (Wildman–Crippen LogP) is 4.74. The molecule has 0 aliphatic heterocycles. The van der Waals surface area contributed by atoms with Gasteiger partial charge in [-0.2, -0.15) is 0 Å². The fraction of sp³-hybridized carbons (Fsp3) is 0.125. The fourth-order valence-corrected chi connectivity index (χ4v) is 3.25. The molecule has 0 saturated heterocycles. The predicted molar refractivity (Wildman–Crippen MR) is 123 cm³/mol. The Morgan fingerprint density at radius 3 is 2.12 bits per heavy atom. The van der Waals surface area contributed by atoms with Crippen LogP contribution >= 0.6 is 11.8 Å². The van der Waals surface area contributed by atoms with E-state index in [4.69, 9.17) is 4.74 Å². The van der Waals surface area contributed by atoms with Crippen molar-refractivity contribution >= 4 is 40.9 Å². The summed E-state index contributed by atoms with van der Waals surface area (Å²) in [5.74, 6) is -1.06. The monoisotopic (exact) mass is 452 g/mol. The molecule has 1 atom stereocenters. The molecule has 0 radical (unpaired) electrons. The Hall–Kier alpha value is -3.65. The van der Waals surface area contributed by atoms with Crippen molar-refractivity contribution in [2.45, 2.75) is 12.2 Å². The van der Waals surface area contributed by atoms with E-state index in [0.29, 0.717) is 22.7 Å². The summed E-state index contributed by atoms with van der Waals surface area (Å²) in [7, 11) is 0. The molecule has 0 heterocycles. The SMILES string of the molecule is CC(SCC(=O)Nc1ccc(F)cc1)C(=O)Oc1ccc(NC(=O)c2ccccc2)cc1. The summed E-state index contributed by atoms with van der Waals surface area (Å²) in [5, 5.41) is 4.82. The van der Waals surface area contributed by atoms with E-state index in [1.165, 1.54) is 24.3 Å². The molecule has 3 rings (SSSR count). The van der Waals surface area contributed by atoms with Crippen LogP contribution in [0.25, 0.3) is 0 Å². The summed E-state index contributed by atoms with van der Waals surface area (Å²) in [5.41, 5.74) is 1.59. The second kappa shape index (κ2) is 11.1. The Morgan fingerprint density at radius 1 is 0.875 bits per heavy atom. The van der Waals surface area contributed by atoms with Crippen LogP contribution < -0.4 is 15.4 Å². The van der Waals surface area contributed by atoms with E-state index in [-0.39, 0.29) is 23.4 Å². The van der Waals surface area contributed by atoms with Crippen LogP contribution in [0.2, 0.25) is 0 Å². The number of benzene rings is 3. The summed E-state index contributed by atoms with van der Waals surface area (Å²) < 4.78 is 18.2. The summed E-state index contributed by atoms with van der Waals surface area (Å²) in [4.78, 5) is 36.5. The lowest BCUT2D eigenvalue weighted by atomic mass is 10.2. The normalized spacial score (nSPS) is 11.3. The molecule has 6 nitrogen and oxygen atoms in total. The van der Waals surface area contributed by atoms with Crippen LogP contribution in [0.4, 0.5) is 15.8 Å². The molecule has 164 valence electrons. The van der Waals surface area contributed by atoms with Crippen LogP contribution in [0.1, 0.15) is 17.3 Å². The van der Waals surface area contributed by atoms with Gasteiger partial charge in [-0.3, -0.25) is 14.4 Å². The molecule has 32 heavy (non-hydrogen) atoms. The first-order valence-corrected chi connectivity index (χ1v) is 10.8. The molecule has 0 bridgehead atoms. The van der Waals surface area contributed by atoms with Crippen LogP contribution in [0, 0.1) is 5.82 Å². The lowest BCUT2D eigenvalue weighted by molar-refractivity contribution is -0.133. The number of esters is 1. The highest BCUT2D eigenvalue weighted by atomic mass is 32.2. The summed E-state index contributed by atoms with van der Waals surface area (Å²) >= 11 is 1.13. The van der Waals surface area contributed by atoms with Crippen LogP contribution in [-0.2, 0) is 9.59 Å². The Bertz CT molecular complexity index is 1070. The zero-order valence-electron chi connectivity index (χ0n) is 17.2. The van der Waals surface area contributed by atoms with Gasteiger partial charge in [-0.1, -0.05) is 18.2 Å². The second-order valence-electron chi connectivity index (χ2n) is 6.77. The molecule has 8 heteroatoms. The molecular weight excluding hydrogens is 431 g/mol. The van der Waals surface area contributed by atoms with Gasteiger partial charge in [0.1, 0.15) is 16.8 Å². The molecule has 0 aliphatic rings. The largest absolute Gasteiger partial charge is 0.426 e. The number of hydrogen-bond acceptors (Lipinski definition) is 5. The van der Waals surface area contributed by atoms with Gasteiger partial charge in [-0.15, -0.1) is 11.8 Å². The molecule has 3 aromatic rings. The van der Waals surface area contributed by atoms with E-state index in [0.717, 1.165) is 11.8 Å². The topological polar surface area (TPSA) is 84.5 Å². The van der Waals surface area contributed by atoms with Gasteiger partial charge in [-0.25, -0.2) is 4.39 Å².